The van der Waals surface area contributed by atoms with Gasteiger partial charge in [-0.05, 0) is 24.1 Å². The van der Waals surface area contributed by atoms with Crippen LogP contribution in [0.15, 0.2) is 29.2 Å². The van der Waals surface area contributed by atoms with Gasteiger partial charge in [-0.15, -0.1) is 0 Å². The van der Waals surface area contributed by atoms with Gasteiger partial charge in [0, 0.05) is 12.5 Å². The van der Waals surface area contributed by atoms with Crippen LogP contribution in [0.1, 0.15) is 31.4 Å². The maximum atomic E-state index is 11.6. The first-order valence-electron chi connectivity index (χ1n) is 5.46. The minimum atomic E-state index is -3.15. The molecule has 0 bridgehead atoms. The van der Waals surface area contributed by atoms with E-state index in [0.717, 1.165) is 5.56 Å². The normalized spacial score (nSPS) is 13.0. The summed E-state index contributed by atoms with van der Waals surface area (Å²) in [6.45, 7) is 1.61. The molecule has 1 atom stereocenters. The smallest absolute Gasteiger partial charge is 0.178 e. The largest absolute Gasteiger partial charge is 0.324 e. The molecule has 0 aromatic heterocycles. The Hall–Kier alpha value is -1.38. The summed E-state index contributed by atoms with van der Waals surface area (Å²) >= 11 is 0. The first-order valence-corrected chi connectivity index (χ1v) is 7.11. The van der Waals surface area contributed by atoms with Crippen molar-refractivity contribution >= 4 is 9.84 Å². The summed E-state index contributed by atoms with van der Waals surface area (Å²) in [5.74, 6) is 0.0901. The standard InChI is InChI=1S/C12H16N2O2S/c1-2-17(15,16)11-7-5-10(6-8-11)12(14)4-3-9-13/h5-8,12H,2-4,14H2,1H3/t12-/m0/s1. The molecule has 0 amide bonds. The Labute approximate surface area is 102 Å². The first kappa shape index (κ1) is 13.7. The lowest BCUT2D eigenvalue weighted by Gasteiger charge is -2.10. The molecule has 92 valence electrons. The van der Waals surface area contributed by atoms with Crippen molar-refractivity contribution in [3.8, 4) is 6.07 Å². The van der Waals surface area contributed by atoms with Crippen LogP contribution in [-0.2, 0) is 9.84 Å². The van der Waals surface area contributed by atoms with Crippen molar-refractivity contribution in [2.24, 2.45) is 5.73 Å². The van der Waals surface area contributed by atoms with Crippen LogP contribution in [-0.4, -0.2) is 14.2 Å². The Morgan fingerprint density at radius 1 is 1.35 bits per heavy atom. The summed E-state index contributed by atoms with van der Waals surface area (Å²) in [6.07, 6.45) is 0.979. The van der Waals surface area contributed by atoms with Crippen molar-refractivity contribution in [2.75, 3.05) is 5.75 Å². The van der Waals surface area contributed by atoms with Crippen molar-refractivity contribution in [3.63, 3.8) is 0 Å². The quantitative estimate of drug-likeness (QED) is 0.865. The van der Waals surface area contributed by atoms with Gasteiger partial charge >= 0.3 is 0 Å². The van der Waals surface area contributed by atoms with Crippen molar-refractivity contribution in [3.05, 3.63) is 29.8 Å². The molecule has 0 aliphatic carbocycles. The van der Waals surface area contributed by atoms with E-state index in [1.165, 1.54) is 0 Å². The molecule has 0 radical (unpaired) electrons. The maximum absolute atomic E-state index is 11.6. The molecule has 4 nitrogen and oxygen atoms in total. The van der Waals surface area contributed by atoms with Crippen LogP contribution < -0.4 is 5.73 Å². The summed E-state index contributed by atoms with van der Waals surface area (Å²) in [5, 5.41) is 8.46. The van der Waals surface area contributed by atoms with Gasteiger partial charge < -0.3 is 5.73 Å². The third kappa shape index (κ3) is 3.55. The third-order valence-electron chi connectivity index (χ3n) is 2.61. The van der Waals surface area contributed by atoms with E-state index in [-0.39, 0.29) is 11.8 Å². The topological polar surface area (TPSA) is 83.9 Å². The Balaban J connectivity index is 2.86. The van der Waals surface area contributed by atoms with Gasteiger partial charge in [-0.3, -0.25) is 0 Å². The Bertz CT molecular complexity index is 500. The summed E-state index contributed by atoms with van der Waals surface area (Å²) < 4.78 is 23.2. The van der Waals surface area contributed by atoms with Crippen LogP contribution in [0.4, 0.5) is 0 Å². The maximum Gasteiger partial charge on any atom is 0.178 e. The number of nitrogens with zero attached hydrogens (tertiary/aromatic N) is 1. The van der Waals surface area contributed by atoms with E-state index in [1.54, 1.807) is 31.2 Å². The Morgan fingerprint density at radius 3 is 2.41 bits per heavy atom. The average Bonchev–Trinajstić information content (AvgIpc) is 2.36. The van der Waals surface area contributed by atoms with Crippen molar-refractivity contribution < 1.29 is 8.42 Å². The molecule has 2 N–H and O–H groups in total. The molecule has 1 aromatic rings. The highest BCUT2D eigenvalue weighted by atomic mass is 32.2. The van der Waals surface area contributed by atoms with Gasteiger partial charge in [0.05, 0.1) is 16.7 Å². The zero-order valence-corrected chi connectivity index (χ0v) is 10.6. The minimum absolute atomic E-state index is 0.0901. The Morgan fingerprint density at radius 2 is 1.94 bits per heavy atom. The van der Waals surface area contributed by atoms with E-state index in [0.29, 0.717) is 17.7 Å². The van der Waals surface area contributed by atoms with E-state index < -0.39 is 9.84 Å². The van der Waals surface area contributed by atoms with E-state index in [1.807, 2.05) is 6.07 Å². The van der Waals surface area contributed by atoms with Gasteiger partial charge in [0.1, 0.15) is 0 Å². The lowest BCUT2D eigenvalue weighted by atomic mass is 10.0. The minimum Gasteiger partial charge on any atom is -0.324 e. The third-order valence-corrected chi connectivity index (χ3v) is 4.37. The van der Waals surface area contributed by atoms with Gasteiger partial charge in [-0.25, -0.2) is 8.42 Å². The van der Waals surface area contributed by atoms with Crippen LogP contribution in [0.25, 0.3) is 0 Å². The van der Waals surface area contributed by atoms with Gasteiger partial charge in [-0.1, -0.05) is 19.1 Å². The number of hydrogen-bond donors (Lipinski definition) is 1. The predicted molar refractivity (Wildman–Crippen MR) is 65.9 cm³/mol. The average molecular weight is 252 g/mol. The van der Waals surface area contributed by atoms with E-state index in [9.17, 15) is 8.42 Å². The van der Waals surface area contributed by atoms with Gasteiger partial charge in [0.25, 0.3) is 0 Å². The summed E-state index contributed by atoms with van der Waals surface area (Å²) in [4.78, 5) is 0.316. The fraction of sp³-hybridized carbons (Fsp3) is 0.417. The van der Waals surface area contributed by atoms with Crippen LogP contribution in [0, 0.1) is 11.3 Å². The molecule has 0 spiro atoms. The molecule has 0 saturated heterocycles. The zero-order chi connectivity index (χ0) is 12.9. The summed E-state index contributed by atoms with van der Waals surface area (Å²) in [5.41, 5.74) is 6.73. The van der Waals surface area contributed by atoms with E-state index in [2.05, 4.69) is 0 Å². The fourth-order valence-corrected chi connectivity index (χ4v) is 2.36. The summed E-state index contributed by atoms with van der Waals surface area (Å²) in [7, 11) is -3.15. The van der Waals surface area contributed by atoms with Gasteiger partial charge in [-0.2, -0.15) is 5.26 Å². The van der Waals surface area contributed by atoms with Crippen LogP contribution in [0.3, 0.4) is 0 Å². The lowest BCUT2D eigenvalue weighted by Crippen LogP contribution is -2.10. The second-order valence-electron chi connectivity index (χ2n) is 3.78. The molecule has 0 aliphatic heterocycles. The highest BCUT2D eigenvalue weighted by Gasteiger charge is 2.12. The number of hydrogen-bond acceptors (Lipinski definition) is 4. The number of sulfone groups is 1. The fourth-order valence-electron chi connectivity index (χ4n) is 1.48. The van der Waals surface area contributed by atoms with Gasteiger partial charge in [0.15, 0.2) is 9.84 Å². The monoisotopic (exact) mass is 252 g/mol. The molecule has 5 heteroatoms. The molecule has 17 heavy (non-hydrogen) atoms. The van der Waals surface area contributed by atoms with Crippen LogP contribution >= 0.6 is 0 Å². The van der Waals surface area contributed by atoms with Gasteiger partial charge in [0.2, 0.25) is 0 Å². The Kier molecular flexibility index (Phi) is 4.67. The van der Waals surface area contributed by atoms with Crippen LogP contribution in [0.5, 0.6) is 0 Å². The molecule has 0 heterocycles. The molecule has 0 aliphatic rings. The van der Waals surface area contributed by atoms with E-state index in [4.69, 9.17) is 11.0 Å². The zero-order valence-electron chi connectivity index (χ0n) is 9.76. The highest BCUT2D eigenvalue weighted by Crippen LogP contribution is 2.18. The highest BCUT2D eigenvalue weighted by molar-refractivity contribution is 7.91. The molecule has 0 saturated carbocycles. The SMILES string of the molecule is CCS(=O)(=O)c1ccc([C@@H](N)CCC#N)cc1. The molecule has 0 fully saturated rings. The second kappa shape index (κ2) is 5.80. The second-order valence-corrected chi connectivity index (χ2v) is 6.05. The molecule has 0 unspecified atom stereocenters. The number of nitrogens with two attached hydrogens (primary N) is 1. The van der Waals surface area contributed by atoms with Crippen molar-refractivity contribution in [2.45, 2.75) is 30.7 Å². The molecule has 1 rings (SSSR count). The van der Waals surface area contributed by atoms with Crippen molar-refractivity contribution in [1.29, 1.82) is 5.26 Å². The predicted octanol–water partition coefficient (Wildman–Crippen LogP) is 1.78. The molecular weight excluding hydrogens is 236 g/mol. The lowest BCUT2D eigenvalue weighted by molar-refractivity contribution is 0.597. The number of benzene rings is 1. The number of nitriles is 1. The van der Waals surface area contributed by atoms with E-state index >= 15 is 0 Å². The first-order chi connectivity index (χ1) is 8.01. The van der Waals surface area contributed by atoms with Crippen LogP contribution in [0.2, 0.25) is 0 Å². The molecular formula is C12H16N2O2S. The number of rotatable bonds is 5. The summed E-state index contributed by atoms with van der Waals surface area (Å²) in [6, 6.07) is 8.39. The molecule has 1 aromatic carbocycles. The van der Waals surface area contributed by atoms with Crippen molar-refractivity contribution in [1.82, 2.24) is 0 Å².